The summed E-state index contributed by atoms with van der Waals surface area (Å²) < 4.78 is 0. The van der Waals surface area contributed by atoms with Crippen LogP contribution in [0, 0.1) is 0 Å². The van der Waals surface area contributed by atoms with Gasteiger partial charge >= 0.3 is 0 Å². The van der Waals surface area contributed by atoms with Crippen LogP contribution in [0.2, 0.25) is 0 Å². The average molecular weight is 225 g/mol. The summed E-state index contributed by atoms with van der Waals surface area (Å²) in [6.45, 7) is 6.40. The van der Waals surface area contributed by atoms with Gasteiger partial charge in [-0.1, -0.05) is 58.3 Å². The second-order valence-electron chi connectivity index (χ2n) is 5.38. The maximum absolute atomic E-state index is 2.67. The fourth-order valence-corrected chi connectivity index (χ4v) is 2.65. The molecule has 0 atom stereocenters. The summed E-state index contributed by atoms with van der Waals surface area (Å²) in [6.07, 6.45) is 15.9. The Hall–Kier alpha value is -0.0400. The van der Waals surface area contributed by atoms with E-state index in [9.17, 15) is 0 Å². The smallest absolute Gasteiger partial charge is 0.00187 e. The summed E-state index contributed by atoms with van der Waals surface area (Å²) >= 11 is 0. The van der Waals surface area contributed by atoms with Crippen molar-refractivity contribution < 1.29 is 0 Å². The number of unbranched alkanes of at least 4 members (excludes halogenated alkanes) is 7. The molecule has 0 aliphatic carbocycles. The lowest BCUT2D eigenvalue weighted by molar-refractivity contribution is 0.224. The molecule has 0 spiro atoms. The van der Waals surface area contributed by atoms with E-state index in [0.717, 1.165) is 0 Å². The standard InChI is InChI=1S/C15H31N/c1-2-3-4-5-6-7-8-10-13-16-14-11-9-12-15-16/h2-15H2,1H3. The summed E-state index contributed by atoms with van der Waals surface area (Å²) in [7, 11) is 0. The van der Waals surface area contributed by atoms with Crippen LogP contribution in [0.1, 0.15) is 77.6 Å². The lowest BCUT2D eigenvalue weighted by Gasteiger charge is -2.26. The van der Waals surface area contributed by atoms with E-state index in [1.807, 2.05) is 0 Å². The zero-order valence-electron chi connectivity index (χ0n) is 11.3. The molecular weight excluding hydrogens is 194 g/mol. The van der Waals surface area contributed by atoms with Gasteiger partial charge < -0.3 is 4.90 Å². The lowest BCUT2D eigenvalue weighted by atomic mass is 10.1. The summed E-state index contributed by atoms with van der Waals surface area (Å²) in [5.74, 6) is 0. The van der Waals surface area contributed by atoms with Gasteiger partial charge in [0.05, 0.1) is 0 Å². The van der Waals surface area contributed by atoms with Gasteiger partial charge in [-0.15, -0.1) is 0 Å². The van der Waals surface area contributed by atoms with E-state index >= 15 is 0 Å². The van der Waals surface area contributed by atoms with Gasteiger partial charge in [0.25, 0.3) is 0 Å². The number of likely N-dealkylation sites (tertiary alicyclic amines) is 1. The highest BCUT2D eigenvalue weighted by atomic mass is 15.1. The highest BCUT2D eigenvalue weighted by molar-refractivity contribution is 4.64. The molecule has 1 heteroatoms. The molecule has 16 heavy (non-hydrogen) atoms. The quantitative estimate of drug-likeness (QED) is 0.518. The van der Waals surface area contributed by atoms with Crippen LogP contribution in [0.5, 0.6) is 0 Å². The second-order valence-corrected chi connectivity index (χ2v) is 5.38. The van der Waals surface area contributed by atoms with Crippen molar-refractivity contribution in [3.63, 3.8) is 0 Å². The third-order valence-corrected chi connectivity index (χ3v) is 3.78. The van der Waals surface area contributed by atoms with Gasteiger partial charge in [-0.3, -0.25) is 0 Å². The SMILES string of the molecule is CCCCCCCCCCN1CCCCC1. The molecule has 0 N–H and O–H groups in total. The topological polar surface area (TPSA) is 3.24 Å². The van der Waals surface area contributed by atoms with Crippen LogP contribution < -0.4 is 0 Å². The van der Waals surface area contributed by atoms with Gasteiger partial charge in [0.15, 0.2) is 0 Å². The average Bonchev–Trinajstić information content (AvgIpc) is 2.34. The molecule has 1 saturated heterocycles. The van der Waals surface area contributed by atoms with Crippen molar-refractivity contribution in [2.45, 2.75) is 77.6 Å². The molecule has 0 aromatic carbocycles. The maximum Gasteiger partial charge on any atom is -0.00187 e. The molecule has 1 heterocycles. The number of nitrogens with zero attached hydrogens (tertiary/aromatic N) is 1. The molecule has 0 amide bonds. The van der Waals surface area contributed by atoms with E-state index < -0.39 is 0 Å². The lowest BCUT2D eigenvalue weighted by Crippen LogP contribution is -2.30. The van der Waals surface area contributed by atoms with Crippen LogP contribution >= 0.6 is 0 Å². The molecule has 1 aliphatic rings. The van der Waals surface area contributed by atoms with Gasteiger partial charge in [0.2, 0.25) is 0 Å². The van der Waals surface area contributed by atoms with E-state index in [-0.39, 0.29) is 0 Å². The number of rotatable bonds is 9. The summed E-state index contributed by atoms with van der Waals surface area (Å²) in [4.78, 5) is 2.67. The van der Waals surface area contributed by atoms with E-state index in [1.54, 1.807) is 0 Å². The van der Waals surface area contributed by atoms with Crippen LogP contribution in [0.15, 0.2) is 0 Å². The van der Waals surface area contributed by atoms with Crippen LogP contribution in [-0.2, 0) is 0 Å². The van der Waals surface area contributed by atoms with Gasteiger partial charge in [-0.2, -0.15) is 0 Å². The largest absolute Gasteiger partial charge is 0.303 e. The number of piperidine rings is 1. The van der Waals surface area contributed by atoms with Gasteiger partial charge in [-0.25, -0.2) is 0 Å². The molecule has 1 nitrogen and oxygen atoms in total. The fraction of sp³-hybridized carbons (Fsp3) is 1.00. The Kier molecular flexibility index (Phi) is 8.88. The molecule has 0 aromatic heterocycles. The minimum atomic E-state index is 1.37. The first kappa shape index (κ1) is 14.0. The fourth-order valence-electron chi connectivity index (χ4n) is 2.65. The summed E-state index contributed by atoms with van der Waals surface area (Å²) in [5, 5.41) is 0. The Labute approximate surface area is 103 Å². The van der Waals surface area contributed by atoms with Crippen molar-refractivity contribution in [2.24, 2.45) is 0 Å². The number of hydrogen-bond donors (Lipinski definition) is 0. The third-order valence-electron chi connectivity index (χ3n) is 3.78. The van der Waals surface area contributed by atoms with E-state index in [1.165, 1.54) is 90.3 Å². The number of hydrogen-bond acceptors (Lipinski definition) is 1. The van der Waals surface area contributed by atoms with Crippen molar-refractivity contribution >= 4 is 0 Å². The second kappa shape index (κ2) is 10.1. The minimum Gasteiger partial charge on any atom is -0.303 e. The Bertz CT molecular complexity index is 138. The highest BCUT2D eigenvalue weighted by Crippen LogP contribution is 2.12. The molecule has 1 rings (SSSR count). The van der Waals surface area contributed by atoms with Crippen molar-refractivity contribution in [2.75, 3.05) is 19.6 Å². The van der Waals surface area contributed by atoms with Crippen LogP contribution in [0.25, 0.3) is 0 Å². The van der Waals surface area contributed by atoms with Gasteiger partial charge in [0, 0.05) is 0 Å². The molecule has 0 saturated carbocycles. The van der Waals surface area contributed by atoms with Crippen molar-refractivity contribution in [1.82, 2.24) is 4.90 Å². The first-order valence-corrected chi connectivity index (χ1v) is 7.66. The normalized spacial score (nSPS) is 17.8. The third kappa shape index (κ3) is 7.27. The molecule has 0 aromatic rings. The molecule has 0 unspecified atom stereocenters. The van der Waals surface area contributed by atoms with Gasteiger partial charge in [0.1, 0.15) is 0 Å². The van der Waals surface area contributed by atoms with Crippen molar-refractivity contribution in [3.8, 4) is 0 Å². The molecule has 0 bridgehead atoms. The van der Waals surface area contributed by atoms with Crippen molar-refractivity contribution in [1.29, 1.82) is 0 Å². The maximum atomic E-state index is 2.67. The van der Waals surface area contributed by atoms with Crippen LogP contribution in [0.3, 0.4) is 0 Å². The monoisotopic (exact) mass is 225 g/mol. The Balaban J connectivity index is 1.77. The molecule has 1 fully saturated rings. The Morgan fingerprint density at radius 1 is 0.688 bits per heavy atom. The zero-order chi connectivity index (χ0) is 11.5. The zero-order valence-corrected chi connectivity index (χ0v) is 11.3. The van der Waals surface area contributed by atoms with Gasteiger partial charge in [-0.05, 0) is 38.9 Å². The van der Waals surface area contributed by atoms with Crippen molar-refractivity contribution in [3.05, 3.63) is 0 Å². The predicted molar refractivity (Wildman–Crippen MR) is 72.9 cm³/mol. The summed E-state index contributed by atoms with van der Waals surface area (Å²) in [5.41, 5.74) is 0. The predicted octanol–water partition coefficient (Wildman–Crippen LogP) is 4.61. The van der Waals surface area contributed by atoms with E-state index in [2.05, 4.69) is 11.8 Å². The Morgan fingerprint density at radius 2 is 1.25 bits per heavy atom. The molecule has 96 valence electrons. The Morgan fingerprint density at radius 3 is 1.88 bits per heavy atom. The highest BCUT2D eigenvalue weighted by Gasteiger charge is 2.08. The molecular formula is C15H31N. The summed E-state index contributed by atoms with van der Waals surface area (Å²) in [6, 6.07) is 0. The van der Waals surface area contributed by atoms with E-state index in [0.29, 0.717) is 0 Å². The molecule has 0 radical (unpaired) electrons. The van der Waals surface area contributed by atoms with Crippen LogP contribution in [-0.4, -0.2) is 24.5 Å². The first-order chi connectivity index (χ1) is 7.93. The first-order valence-electron chi connectivity index (χ1n) is 7.66. The van der Waals surface area contributed by atoms with E-state index in [4.69, 9.17) is 0 Å². The minimum absolute atomic E-state index is 1.37. The molecule has 1 aliphatic heterocycles. The van der Waals surface area contributed by atoms with Crippen LogP contribution in [0.4, 0.5) is 0 Å².